The van der Waals surface area contributed by atoms with Gasteiger partial charge in [0.05, 0.1) is 16.8 Å². The summed E-state index contributed by atoms with van der Waals surface area (Å²) >= 11 is 5.10. The Morgan fingerprint density at radius 2 is 2.40 bits per heavy atom. The second-order valence-corrected chi connectivity index (χ2v) is 5.00. The van der Waals surface area contributed by atoms with Gasteiger partial charge in [-0.1, -0.05) is 27.3 Å². The highest BCUT2D eigenvalue weighted by molar-refractivity contribution is 9.10. The molecule has 0 fully saturated rings. The van der Waals surface area contributed by atoms with Gasteiger partial charge >= 0.3 is 0 Å². The van der Waals surface area contributed by atoms with Gasteiger partial charge in [0.2, 0.25) is 0 Å². The SMILES string of the molecule is COCCNc1nc2ccc(Br)cc2s1. The Hall–Kier alpha value is -0.650. The highest BCUT2D eigenvalue weighted by atomic mass is 79.9. The zero-order valence-corrected chi connectivity index (χ0v) is 10.7. The second-order valence-electron chi connectivity index (χ2n) is 3.05. The maximum atomic E-state index is 4.96. The number of hydrogen-bond donors (Lipinski definition) is 1. The summed E-state index contributed by atoms with van der Waals surface area (Å²) in [6.45, 7) is 1.48. The molecule has 2 aromatic rings. The number of aromatic nitrogens is 1. The van der Waals surface area contributed by atoms with E-state index in [4.69, 9.17) is 4.74 Å². The number of ether oxygens (including phenoxy) is 1. The number of nitrogens with zero attached hydrogens (tertiary/aromatic N) is 1. The number of benzene rings is 1. The van der Waals surface area contributed by atoms with Crippen LogP contribution in [-0.4, -0.2) is 25.2 Å². The van der Waals surface area contributed by atoms with E-state index in [9.17, 15) is 0 Å². The molecule has 2 rings (SSSR count). The molecule has 0 spiro atoms. The third kappa shape index (κ3) is 2.68. The van der Waals surface area contributed by atoms with Gasteiger partial charge in [-0.25, -0.2) is 4.98 Å². The Morgan fingerprint density at radius 1 is 1.53 bits per heavy atom. The van der Waals surface area contributed by atoms with Crippen LogP contribution in [0.2, 0.25) is 0 Å². The number of methoxy groups -OCH3 is 1. The van der Waals surface area contributed by atoms with Gasteiger partial charge in [-0.05, 0) is 18.2 Å². The van der Waals surface area contributed by atoms with E-state index in [1.54, 1.807) is 18.4 Å². The molecule has 1 aromatic heterocycles. The normalized spacial score (nSPS) is 10.8. The molecule has 3 nitrogen and oxygen atoms in total. The summed E-state index contributed by atoms with van der Waals surface area (Å²) in [7, 11) is 1.69. The number of hydrogen-bond acceptors (Lipinski definition) is 4. The molecule has 15 heavy (non-hydrogen) atoms. The summed E-state index contributed by atoms with van der Waals surface area (Å²) in [6.07, 6.45) is 0. The van der Waals surface area contributed by atoms with E-state index in [2.05, 4.69) is 32.3 Å². The van der Waals surface area contributed by atoms with Gasteiger partial charge in [0.1, 0.15) is 0 Å². The first-order chi connectivity index (χ1) is 7.29. The number of halogens is 1. The maximum Gasteiger partial charge on any atom is 0.183 e. The fraction of sp³-hybridized carbons (Fsp3) is 0.300. The van der Waals surface area contributed by atoms with E-state index in [0.717, 1.165) is 21.7 Å². The van der Waals surface area contributed by atoms with Crippen LogP contribution in [0.4, 0.5) is 5.13 Å². The van der Waals surface area contributed by atoms with E-state index in [0.29, 0.717) is 6.61 Å². The third-order valence-corrected chi connectivity index (χ3v) is 3.40. The van der Waals surface area contributed by atoms with E-state index < -0.39 is 0 Å². The van der Waals surface area contributed by atoms with Gasteiger partial charge in [-0.15, -0.1) is 0 Å². The van der Waals surface area contributed by atoms with Crippen molar-refractivity contribution in [3.63, 3.8) is 0 Å². The minimum absolute atomic E-state index is 0.694. The number of rotatable bonds is 4. The molecule has 5 heteroatoms. The molecule has 0 aliphatic heterocycles. The molecule has 0 aliphatic carbocycles. The molecular formula is C10H11BrN2OS. The van der Waals surface area contributed by atoms with Crippen molar-refractivity contribution in [2.45, 2.75) is 0 Å². The molecule has 1 N–H and O–H groups in total. The van der Waals surface area contributed by atoms with Crippen molar-refractivity contribution in [1.29, 1.82) is 0 Å². The number of fused-ring (bicyclic) bond motifs is 1. The lowest BCUT2D eigenvalue weighted by Gasteiger charge is -1.99. The first-order valence-electron chi connectivity index (χ1n) is 4.58. The van der Waals surface area contributed by atoms with Crippen molar-refractivity contribution >= 4 is 42.6 Å². The third-order valence-electron chi connectivity index (χ3n) is 1.93. The molecule has 0 saturated heterocycles. The van der Waals surface area contributed by atoms with Gasteiger partial charge in [-0.2, -0.15) is 0 Å². The molecule has 1 aromatic carbocycles. The average Bonchev–Trinajstić information content (AvgIpc) is 2.60. The lowest BCUT2D eigenvalue weighted by molar-refractivity contribution is 0.211. The second kappa shape index (κ2) is 4.92. The topological polar surface area (TPSA) is 34.1 Å². The minimum atomic E-state index is 0.694. The number of nitrogens with one attached hydrogen (secondary N) is 1. The van der Waals surface area contributed by atoms with Crippen molar-refractivity contribution in [3.05, 3.63) is 22.7 Å². The van der Waals surface area contributed by atoms with Crippen LogP contribution in [0.25, 0.3) is 10.2 Å². The molecular weight excluding hydrogens is 276 g/mol. The number of anilines is 1. The molecule has 0 atom stereocenters. The molecule has 0 radical (unpaired) electrons. The van der Waals surface area contributed by atoms with Crippen molar-refractivity contribution in [1.82, 2.24) is 4.98 Å². The first-order valence-corrected chi connectivity index (χ1v) is 6.19. The highest BCUT2D eigenvalue weighted by Crippen LogP contribution is 2.28. The van der Waals surface area contributed by atoms with Gasteiger partial charge in [0, 0.05) is 18.1 Å². The predicted molar refractivity (Wildman–Crippen MR) is 67.7 cm³/mol. The first kappa shape index (κ1) is 10.9. The van der Waals surface area contributed by atoms with Crippen LogP contribution in [0.3, 0.4) is 0 Å². The molecule has 0 unspecified atom stereocenters. The lowest BCUT2D eigenvalue weighted by atomic mass is 10.3. The van der Waals surface area contributed by atoms with E-state index >= 15 is 0 Å². The van der Waals surface area contributed by atoms with E-state index in [1.807, 2.05) is 12.1 Å². The van der Waals surface area contributed by atoms with Crippen LogP contribution < -0.4 is 5.32 Å². The average molecular weight is 287 g/mol. The fourth-order valence-corrected chi connectivity index (χ4v) is 2.68. The van der Waals surface area contributed by atoms with Crippen LogP contribution >= 0.6 is 27.3 Å². The molecule has 0 amide bonds. The number of thiazole rings is 1. The fourth-order valence-electron chi connectivity index (χ4n) is 1.23. The standard InChI is InChI=1S/C10H11BrN2OS/c1-14-5-4-12-10-13-8-3-2-7(11)6-9(8)15-10/h2-3,6H,4-5H2,1H3,(H,12,13). The van der Waals surface area contributed by atoms with Crippen LogP contribution in [-0.2, 0) is 4.74 Å². The Bertz CT molecular complexity index is 458. The molecule has 1 heterocycles. The molecule has 0 saturated carbocycles. The summed E-state index contributed by atoms with van der Waals surface area (Å²) in [5, 5.41) is 4.17. The molecule has 0 bridgehead atoms. The summed E-state index contributed by atoms with van der Waals surface area (Å²) < 4.78 is 7.23. The van der Waals surface area contributed by atoms with Gasteiger partial charge < -0.3 is 10.1 Å². The Labute approximate surface area is 101 Å². The quantitative estimate of drug-likeness (QED) is 0.877. The van der Waals surface area contributed by atoms with Gasteiger partial charge in [0.25, 0.3) is 0 Å². The van der Waals surface area contributed by atoms with Crippen molar-refractivity contribution in [2.75, 3.05) is 25.6 Å². The summed E-state index contributed by atoms with van der Waals surface area (Å²) in [4.78, 5) is 4.46. The monoisotopic (exact) mass is 286 g/mol. The smallest absolute Gasteiger partial charge is 0.183 e. The summed E-state index contributed by atoms with van der Waals surface area (Å²) in [6, 6.07) is 6.09. The van der Waals surface area contributed by atoms with Crippen LogP contribution in [0.5, 0.6) is 0 Å². The minimum Gasteiger partial charge on any atom is -0.383 e. The van der Waals surface area contributed by atoms with E-state index in [1.165, 1.54) is 4.70 Å². The predicted octanol–water partition coefficient (Wildman–Crippen LogP) is 3.12. The van der Waals surface area contributed by atoms with Crippen LogP contribution in [0, 0.1) is 0 Å². The van der Waals surface area contributed by atoms with Crippen molar-refractivity contribution in [2.24, 2.45) is 0 Å². The Balaban J connectivity index is 2.16. The molecule has 0 aliphatic rings. The zero-order valence-electron chi connectivity index (χ0n) is 8.29. The van der Waals surface area contributed by atoms with Gasteiger partial charge in [-0.3, -0.25) is 0 Å². The lowest BCUT2D eigenvalue weighted by Crippen LogP contribution is -2.06. The van der Waals surface area contributed by atoms with Gasteiger partial charge in [0.15, 0.2) is 5.13 Å². The van der Waals surface area contributed by atoms with Crippen LogP contribution in [0.1, 0.15) is 0 Å². The summed E-state index contributed by atoms with van der Waals surface area (Å²) in [5.74, 6) is 0. The maximum absolute atomic E-state index is 4.96. The van der Waals surface area contributed by atoms with Crippen LogP contribution in [0.15, 0.2) is 22.7 Å². The molecule has 80 valence electrons. The zero-order chi connectivity index (χ0) is 10.7. The largest absolute Gasteiger partial charge is 0.383 e. The Kier molecular flexibility index (Phi) is 3.56. The van der Waals surface area contributed by atoms with Crippen molar-refractivity contribution in [3.8, 4) is 0 Å². The Morgan fingerprint density at radius 3 is 3.20 bits per heavy atom. The highest BCUT2D eigenvalue weighted by Gasteiger charge is 2.02. The van der Waals surface area contributed by atoms with Crippen molar-refractivity contribution < 1.29 is 4.74 Å². The summed E-state index contributed by atoms with van der Waals surface area (Å²) in [5.41, 5.74) is 1.03. The van der Waals surface area contributed by atoms with E-state index in [-0.39, 0.29) is 0 Å².